The van der Waals surface area contributed by atoms with Crippen LogP contribution < -0.4 is 5.73 Å². The lowest BCUT2D eigenvalue weighted by Gasteiger charge is -2.07. The summed E-state index contributed by atoms with van der Waals surface area (Å²) in [5, 5.41) is 0. The molecule has 3 heteroatoms. The molecule has 1 heterocycles. The second-order valence-corrected chi connectivity index (χ2v) is 3.97. The van der Waals surface area contributed by atoms with Gasteiger partial charge in [0, 0.05) is 11.8 Å². The Morgan fingerprint density at radius 1 is 1.18 bits per heavy atom. The van der Waals surface area contributed by atoms with Crippen molar-refractivity contribution in [2.45, 2.75) is 12.8 Å². The molecule has 2 aromatic rings. The molecule has 0 saturated carbocycles. The number of benzene rings is 1. The van der Waals surface area contributed by atoms with Crippen molar-refractivity contribution in [3.05, 3.63) is 54.2 Å². The first-order valence-corrected chi connectivity index (χ1v) is 5.49. The van der Waals surface area contributed by atoms with Gasteiger partial charge in [-0.05, 0) is 18.6 Å². The minimum atomic E-state index is -0.334. The summed E-state index contributed by atoms with van der Waals surface area (Å²) in [6.07, 6.45) is 1.71. The lowest BCUT2D eigenvalue weighted by Crippen LogP contribution is -2.18. The Morgan fingerprint density at radius 3 is 2.41 bits per heavy atom. The molecule has 0 aliphatic heterocycles. The first-order valence-electron chi connectivity index (χ1n) is 5.49. The monoisotopic (exact) mass is 226 g/mol. The standard InChI is InChI=1S/C14H14N2O/c1-10(14(15)17)12-7-8-13(16-9-12)11-5-3-2-4-6-11/h2-10H,1H3,(H2,15,17). The van der Waals surface area contributed by atoms with Crippen LogP contribution in [0.2, 0.25) is 0 Å². The number of amides is 1. The van der Waals surface area contributed by atoms with E-state index in [1.165, 1.54) is 0 Å². The van der Waals surface area contributed by atoms with Gasteiger partial charge in [0.05, 0.1) is 11.6 Å². The highest BCUT2D eigenvalue weighted by Crippen LogP contribution is 2.19. The zero-order valence-electron chi connectivity index (χ0n) is 9.63. The Hall–Kier alpha value is -2.16. The fourth-order valence-electron chi connectivity index (χ4n) is 1.61. The first kappa shape index (κ1) is 11.3. The molecule has 1 aromatic heterocycles. The number of carbonyl (C=O) groups is 1. The zero-order chi connectivity index (χ0) is 12.3. The average molecular weight is 226 g/mol. The summed E-state index contributed by atoms with van der Waals surface area (Å²) in [5.74, 6) is -0.633. The second kappa shape index (κ2) is 4.78. The molecule has 1 aromatic carbocycles. The molecule has 0 fully saturated rings. The lowest BCUT2D eigenvalue weighted by molar-refractivity contribution is -0.119. The first-order chi connectivity index (χ1) is 8.18. The largest absolute Gasteiger partial charge is 0.369 e. The van der Waals surface area contributed by atoms with Crippen LogP contribution in [0, 0.1) is 0 Å². The van der Waals surface area contributed by atoms with Crippen molar-refractivity contribution in [1.29, 1.82) is 0 Å². The van der Waals surface area contributed by atoms with Crippen molar-refractivity contribution in [3.63, 3.8) is 0 Å². The van der Waals surface area contributed by atoms with Crippen LogP contribution in [0.4, 0.5) is 0 Å². The fraction of sp³-hybridized carbons (Fsp3) is 0.143. The molecule has 0 aliphatic carbocycles. The molecular formula is C14H14N2O. The molecule has 1 unspecified atom stereocenters. The Labute approximate surface area is 100 Å². The third-order valence-corrected chi connectivity index (χ3v) is 2.78. The van der Waals surface area contributed by atoms with Gasteiger partial charge in [-0.1, -0.05) is 36.4 Å². The van der Waals surface area contributed by atoms with Gasteiger partial charge in [0.1, 0.15) is 0 Å². The average Bonchev–Trinajstić information content (AvgIpc) is 2.39. The number of carbonyl (C=O) groups excluding carboxylic acids is 1. The van der Waals surface area contributed by atoms with Crippen molar-refractivity contribution in [2.24, 2.45) is 5.73 Å². The second-order valence-electron chi connectivity index (χ2n) is 3.97. The summed E-state index contributed by atoms with van der Waals surface area (Å²) < 4.78 is 0. The molecule has 0 bridgehead atoms. The highest BCUT2D eigenvalue weighted by atomic mass is 16.1. The van der Waals surface area contributed by atoms with Crippen molar-refractivity contribution in [2.75, 3.05) is 0 Å². The third-order valence-electron chi connectivity index (χ3n) is 2.78. The molecule has 1 atom stereocenters. The van der Waals surface area contributed by atoms with E-state index in [9.17, 15) is 4.79 Å². The zero-order valence-corrected chi connectivity index (χ0v) is 9.63. The van der Waals surface area contributed by atoms with Crippen LogP contribution in [0.25, 0.3) is 11.3 Å². The van der Waals surface area contributed by atoms with Crippen molar-refractivity contribution >= 4 is 5.91 Å². The Balaban J connectivity index is 2.28. The van der Waals surface area contributed by atoms with Gasteiger partial charge in [-0.15, -0.1) is 0 Å². The number of nitrogens with zero attached hydrogens (tertiary/aromatic N) is 1. The SMILES string of the molecule is CC(C(N)=O)c1ccc(-c2ccccc2)nc1. The minimum absolute atomic E-state index is 0.299. The van der Waals surface area contributed by atoms with E-state index in [1.807, 2.05) is 42.5 Å². The predicted molar refractivity (Wildman–Crippen MR) is 67.3 cm³/mol. The topological polar surface area (TPSA) is 56.0 Å². The van der Waals surface area contributed by atoms with E-state index in [0.717, 1.165) is 16.8 Å². The maximum Gasteiger partial charge on any atom is 0.224 e. The van der Waals surface area contributed by atoms with E-state index in [2.05, 4.69) is 4.98 Å². The third kappa shape index (κ3) is 2.50. The molecule has 3 nitrogen and oxygen atoms in total. The van der Waals surface area contributed by atoms with E-state index in [4.69, 9.17) is 5.73 Å². The van der Waals surface area contributed by atoms with Crippen molar-refractivity contribution in [3.8, 4) is 11.3 Å². The molecule has 17 heavy (non-hydrogen) atoms. The lowest BCUT2D eigenvalue weighted by atomic mass is 10.0. The summed E-state index contributed by atoms with van der Waals surface area (Å²) in [4.78, 5) is 15.4. The van der Waals surface area contributed by atoms with Gasteiger partial charge < -0.3 is 5.73 Å². The van der Waals surface area contributed by atoms with Crippen LogP contribution in [0.5, 0.6) is 0 Å². The van der Waals surface area contributed by atoms with Crippen LogP contribution in [-0.4, -0.2) is 10.9 Å². The molecule has 86 valence electrons. The molecule has 0 spiro atoms. The van der Waals surface area contributed by atoms with Gasteiger partial charge >= 0.3 is 0 Å². The number of aromatic nitrogens is 1. The molecule has 2 rings (SSSR count). The van der Waals surface area contributed by atoms with Crippen molar-refractivity contribution < 1.29 is 4.79 Å². The highest BCUT2D eigenvalue weighted by Gasteiger charge is 2.11. The molecule has 2 N–H and O–H groups in total. The summed E-state index contributed by atoms with van der Waals surface area (Å²) in [5.41, 5.74) is 8.05. The van der Waals surface area contributed by atoms with Crippen molar-refractivity contribution in [1.82, 2.24) is 4.98 Å². The van der Waals surface area contributed by atoms with Gasteiger partial charge in [0.25, 0.3) is 0 Å². The number of primary amides is 1. The number of pyridine rings is 1. The quantitative estimate of drug-likeness (QED) is 0.873. The predicted octanol–water partition coefficient (Wildman–Crippen LogP) is 2.34. The van der Waals surface area contributed by atoms with Gasteiger partial charge in [-0.3, -0.25) is 9.78 Å². The van der Waals surface area contributed by atoms with Crippen LogP contribution in [0.3, 0.4) is 0 Å². The van der Waals surface area contributed by atoms with E-state index >= 15 is 0 Å². The minimum Gasteiger partial charge on any atom is -0.369 e. The summed E-state index contributed by atoms with van der Waals surface area (Å²) in [6.45, 7) is 1.78. The maximum absolute atomic E-state index is 11.0. The number of nitrogens with two attached hydrogens (primary N) is 1. The van der Waals surface area contributed by atoms with Gasteiger partial charge in [0.15, 0.2) is 0 Å². The van der Waals surface area contributed by atoms with Gasteiger partial charge in [-0.2, -0.15) is 0 Å². The molecule has 0 saturated heterocycles. The summed E-state index contributed by atoms with van der Waals surface area (Å²) in [6, 6.07) is 13.7. The number of hydrogen-bond acceptors (Lipinski definition) is 2. The van der Waals surface area contributed by atoms with Crippen LogP contribution >= 0.6 is 0 Å². The Bertz CT molecular complexity index is 506. The van der Waals surface area contributed by atoms with Crippen LogP contribution in [0.15, 0.2) is 48.7 Å². The molecule has 0 radical (unpaired) electrons. The highest BCUT2D eigenvalue weighted by molar-refractivity contribution is 5.81. The summed E-state index contributed by atoms with van der Waals surface area (Å²) >= 11 is 0. The number of rotatable bonds is 3. The molecular weight excluding hydrogens is 212 g/mol. The smallest absolute Gasteiger partial charge is 0.224 e. The maximum atomic E-state index is 11.0. The number of hydrogen-bond donors (Lipinski definition) is 1. The normalized spacial score (nSPS) is 12.1. The summed E-state index contributed by atoms with van der Waals surface area (Å²) in [7, 11) is 0. The Kier molecular flexibility index (Phi) is 3.19. The molecule has 0 aliphatic rings. The van der Waals surface area contributed by atoms with E-state index in [-0.39, 0.29) is 11.8 Å². The van der Waals surface area contributed by atoms with Gasteiger partial charge in [0.2, 0.25) is 5.91 Å². The Morgan fingerprint density at radius 2 is 1.88 bits per heavy atom. The van der Waals surface area contributed by atoms with Gasteiger partial charge in [-0.25, -0.2) is 0 Å². The van der Waals surface area contributed by atoms with Crippen LogP contribution in [-0.2, 0) is 4.79 Å². The molecule has 1 amide bonds. The fourth-order valence-corrected chi connectivity index (χ4v) is 1.61. The van der Waals surface area contributed by atoms with E-state index < -0.39 is 0 Å². The van der Waals surface area contributed by atoms with Crippen LogP contribution in [0.1, 0.15) is 18.4 Å². The van der Waals surface area contributed by atoms with E-state index in [1.54, 1.807) is 13.1 Å². The van der Waals surface area contributed by atoms with E-state index in [0.29, 0.717) is 0 Å².